The zero-order valence-electron chi connectivity index (χ0n) is 12.6. The second kappa shape index (κ2) is 7.13. The molecule has 1 aliphatic rings. The second-order valence-electron chi connectivity index (χ2n) is 5.43. The van der Waals surface area contributed by atoms with E-state index >= 15 is 0 Å². The molecule has 1 fully saturated rings. The Hall–Kier alpha value is -1.56. The summed E-state index contributed by atoms with van der Waals surface area (Å²) in [5.41, 5.74) is -0.595. The first-order chi connectivity index (χ1) is 10.4. The van der Waals surface area contributed by atoms with Crippen LogP contribution in [0.25, 0.3) is 0 Å². The van der Waals surface area contributed by atoms with E-state index in [-0.39, 0.29) is 24.3 Å². The average Bonchev–Trinajstić information content (AvgIpc) is 2.48. The van der Waals surface area contributed by atoms with Gasteiger partial charge in [-0.25, -0.2) is 4.79 Å². The van der Waals surface area contributed by atoms with Crippen molar-refractivity contribution in [3.8, 4) is 0 Å². The van der Waals surface area contributed by atoms with Crippen LogP contribution in [0.15, 0.2) is 18.2 Å². The molecule has 6 heteroatoms. The first-order valence-corrected chi connectivity index (χ1v) is 7.51. The standard InChI is InChI=1S/C16H20F3NO2/c1-2-22-15(21)12-6-7-13(14(10-12)16(17,18)19)11-20-8-4-3-5-9-20/h6-7,10H,2-5,8-9,11H2,1H3. The van der Waals surface area contributed by atoms with E-state index in [0.717, 1.165) is 38.4 Å². The van der Waals surface area contributed by atoms with Gasteiger partial charge in [-0.2, -0.15) is 13.2 Å². The molecule has 122 valence electrons. The van der Waals surface area contributed by atoms with Crippen molar-refractivity contribution in [3.05, 3.63) is 34.9 Å². The molecule has 0 saturated carbocycles. The van der Waals surface area contributed by atoms with Gasteiger partial charge in [0.1, 0.15) is 0 Å². The fraction of sp³-hybridized carbons (Fsp3) is 0.562. The third-order valence-electron chi connectivity index (χ3n) is 3.77. The van der Waals surface area contributed by atoms with Crippen LogP contribution < -0.4 is 0 Å². The van der Waals surface area contributed by atoms with Crippen LogP contribution in [0, 0.1) is 0 Å². The zero-order chi connectivity index (χ0) is 16.2. The SMILES string of the molecule is CCOC(=O)c1ccc(CN2CCCCC2)c(C(F)(F)F)c1. The van der Waals surface area contributed by atoms with Gasteiger partial charge in [-0.3, -0.25) is 4.90 Å². The highest BCUT2D eigenvalue weighted by Gasteiger charge is 2.34. The number of rotatable bonds is 4. The summed E-state index contributed by atoms with van der Waals surface area (Å²) < 4.78 is 44.6. The molecule has 1 aromatic carbocycles. The van der Waals surface area contributed by atoms with E-state index in [1.165, 1.54) is 12.1 Å². The Balaban J connectivity index is 2.26. The zero-order valence-corrected chi connectivity index (χ0v) is 12.6. The van der Waals surface area contributed by atoms with Crippen molar-refractivity contribution in [2.24, 2.45) is 0 Å². The average molecular weight is 315 g/mol. The van der Waals surface area contributed by atoms with E-state index in [4.69, 9.17) is 4.74 Å². The fourth-order valence-corrected chi connectivity index (χ4v) is 2.68. The number of halogens is 3. The van der Waals surface area contributed by atoms with Crippen LogP contribution in [-0.2, 0) is 17.5 Å². The van der Waals surface area contributed by atoms with Gasteiger partial charge in [-0.05, 0) is 50.6 Å². The van der Waals surface area contributed by atoms with Crippen molar-refractivity contribution in [3.63, 3.8) is 0 Å². The monoisotopic (exact) mass is 315 g/mol. The van der Waals surface area contributed by atoms with Crippen LogP contribution in [0.4, 0.5) is 13.2 Å². The number of hydrogen-bond acceptors (Lipinski definition) is 3. The highest BCUT2D eigenvalue weighted by Crippen LogP contribution is 2.33. The van der Waals surface area contributed by atoms with Crippen LogP contribution in [-0.4, -0.2) is 30.6 Å². The Labute approximate surface area is 128 Å². The van der Waals surface area contributed by atoms with Crippen LogP contribution in [0.1, 0.15) is 47.7 Å². The summed E-state index contributed by atoms with van der Waals surface area (Å²) in [5.74, 6) is -0.725. The van der Waals surface area contributed by atoms with Crippen LogP contribution >= 0.6 is 0 Å². The van der Waals surface area contributed by atoms with Gasteiger partial charge in [0.25, 0.3) is 0 Å². The lowest BCUT2D eigenvalue weighted by molar-refractivity contribution is -0.138. The molecule has 1 saturated heterocycles. The normalized spacial score (nSPS) is 16.5. The molecule has 1 aliphatic heterocycles. The summed E-state index contributed by atoms with van der Waals surface area (Å²) in [6.07, 6.45) is -1.32. The molecule has 2 rings (SSSR count). The molecular weight excluding hydrogens is 295 g/mol. The van der Waals surface area contributed by atoms with Crippen molar-refractivity contribution in [2.45, 2.75) is 38.9 Å². The molecule has 0 radical (unpaired) electrons. The highest BCUT2D eigenvalue weighted by molar-refractivity contribution is 5.89. The lowest BCUT2D eigenvalue weighted by Crippen LogP contribution is -2.30. The van der Waals surface area contributed by atoms with Crippen molar-refractivity contribution < 1.29 is 22.7 Å². The topological polar surface area (TPSA) is 29.5 Å². The first kappa shape index (κ1) is 16.8. The predicted octanol–water partition coefficient (Wildman–Crippen LogP) is 3.87. The lowest BCUT2D eigenvalue weighted by atomic mass is 10.0. The number of hydrogen-bond donors (Lipinski definition) is 0. The Bertz CT molecular complexity index is 523. The number of carbonyl (C=O) groups is 1. The van der Waals surface area contributed by atoms with Crippen molar-refractivity contribution >= 4 is 5.97 Å². The summed E-state index contributed by atoms with van der Waals surface area (Å²) in [5, 5.41) is 0. The van der Waals surface area contributed by atoms with Crippen molar-refractivity contribution in [1.82, 2.24) is 4.90 Å². The Morgan fingerprint density at radius 3 is 2.50 bits per heavy atom. The molecule has 0 N–H and O–H groups in total. The highest BCUT2D eigenvalue weighted by atomic mass is 19.4. The van der Waals surface area contributed by atoms with Gasteiger partial charge in [0.2, 0.25) is 0 Å². The summed E-state index contributed by atoms with van der Waals surface area (Å²) in [7, 11) is 0. The van der Waals surface area contributed by atoms with Gasteiger partial charge in [0, 0.05) is 6.54 Å². The van der Waals surface area contributed by atoms with Crippen LogP contribution in [0.2, 0.25) is 0 Å². The molecule has 0 atom stereocenters. The summed E-state index contributed by atoms with van der Waals surface area (Å²) in [4.78, 5) is 13.7. The molecule has 0 spiro atoms. The molecule has 1 aromatic rings. The van der Waals surface area contributed by atoms with Crippen molar-refractivity contribution in [1.29, 1.82) is 0 Å². The number of piperidine rings is 1. The molecule has 0 aromatic heterocycles. The summed E-state index contributed by atoms with van der Waals surface area (Å²) in [6, 6.07) is 3.70. The molecule has 3 nitrogen and oxygen atoms in total. The lowest BCUT2D eigenvalue weighted by Gasteiger charge is -2.27. The minimum atomic E-state index is -4.48. The quantitative estimate of drug-likeness (QED) is 0.790. The van der Waals surface area contributed by atoms with E-state index in [2.05, 4.69) is 0 Å². The predicted molar refractivity (Wildman–Crippen MR) is 76.5 cm³/mol. The Morgan fingerprint density at radius 1 is 1.23 bits per heavy atom. The maximum absolute atomic E-state index is 13.3. The van der Waals surface area contributed by atoms with Crippen LogP contribution in [0.5, 0.6) is 0 Å². The van der Waals surface area contributed by atoms with E-state index in [1.54, 1.807) is 6.92 Å². The Morgan fingerprint density at radius 2 is 1.91 bits per heavy atom. The van der Waals surface area contributed by atoms with Crippen LogP contribution in [0.3, 0.4) is 0 Å². The van der Waals surface area contributed by atoms with E-state index in [0.29, 0.717) is 0 Å². The van der Waals surface area contributed by atoms with Gasteiger partial charge in [-0.1, -0.05) is 12.5 Å². The maximum atomic E-state index is 13.3. The third kappa shape index (κ3) is 4.22. The molecule has 22 heavy (non-hydrogen) atoms. The first-order valence-electron chi connectivity index (χ1n) is 7.51. The fourth-order valence-electron chi connectivity index (χ4n) is 2.68. The second-order valence-corrected chi connectivity index (χ2v) is 5.43. The number of ether oxygens (including phenoxy) is 1. The largest absolute Gasteiger partial charge is 0.462 e. The molecule has 0 unspecified atom stereocenters. The third-order valence-corrected chi connectivity index (χ3v) is 3.77. The van der Waals surface area contributed by atoms with Gasteiger partial charge in [0.05, 0.1) is 17.7 Å². The summed E-state index contributed by atoms with van der Waals surface area (Å²) in [6.45, 7) is 3.65. The van der Waals surface area contributed by atoms with Gasteiger partial charge >= 0.3 is 12.1 Å². The molecular formula is C16H20F3NO2. The maximum Gasteiger partial charge on any atom is 0.416 e. The van der Waals surface area contributed by atoms with E-state index in [9.17, 15) is 18.0 Å². The number of alkyl halides is 3. The number of benzene rings is 1. The molecule has 0 aliphatic carbocycles. The number of likely N-dealkylation sites (tertiary alicyclic amines) is 1. The number of carbonyl (C=O) groups excluding carboxylic acids is 1. The minimum Gasteiger partial charge on any atom is -0.462 e. The molecule has 0 bridgehead atoms. The minimum absolute atomic E-state index is 0.0587. The Kier molecular flexibility index (Phi) is 5.45. The van der Waals surface area contributed by atoms with Crippen molar-refractivity contribution in [2.75, 3.05) is 19.7 Å². The smallest absolute Gasteiger partial charge is 0.416 e. The van der Waals surface area contributed by atoms with Gasteiger partial charge in [-0.15, -0.1) is 0 Å². The van der Waals surface area contributed by atoms with E-state index in [1.807, 2.05) is 4.90 Å². The van der Waals surface area contributed by atoms with Gasteiger partial charge < -0.3 is 4.74 Å². The van der Waals surface area contributed by atoms with Gasteiger partial charge in [0.15, 0.2) is 0 Å². The van der Waals surface area contributed by atoms with E-state index < -0.39 is 17.7 Å². The molecule has 0 amide bonds. The number of nitrogens with zero attached hydrogens (tertiary/aromatic N) is 1. The molecule has 1 heterocycles. The number of esters is 1. The summed E-state index contributed by atoms with van der Waals surface area (Å²) >= 11 is 0.